The second-order valence-electron chi connectivity index (χ2n) is 4.44. The normalized spacial score (nSPS) is 9.78. The van der Waals surface area contributed by atoms with Crippen LogP contribution < -0.4 is 15.4 Å². The van der Waals surface area contributed by atoms with E-state index in [1.807, 2.05) is 0 Å². The number of thiocarbonyl (C=S) groups is 1. The summed E-state index contributed by atoms with van der Waals surface area (Å²) in [6.07, 6.45) is 0. The predicted molar refractivity (Wildman–Crippen MR) is 89.8 cm³/mol. The van der Waals surface area contributed by atoms with Crippen LogP contribution in [0.3, 0.4) is 0 Å². The van der Waals surface area contributed by atoms with E-state index >= 15 is 0 Å². The molecule has 0 aromatic heterocycles. The van der Waals surface area contributed by atoms with Crippen LogP contribution in [0, 0.1) is 10.1 Å². The van der Waals surface area contributed by atoms with E-state index in [2.05, 4.69) is 10.6 Å². The summed E-state index contributed by atoms with van der Waals surface area (Å²) >= 11 is 5.07. The number of non-ortho nitro benzene ring substituents is 1. The Hall–Kier alpha value is -3.00. The first kappa shape index (κ1) is 16.4. The van der Waals surface area contributed by atoms with Crippen molar-refractivity contribution in [2.45, 2.75) is 0 Å². The number of nitrogens with zero attached hydrogens (tertiary/aromatic N) is 1. The summed E-state index contributed by atoms with van der Waals surface area (Å²) in [6.45, 7) is 0. The van der Waals surface area contributed by atoms with Crippen LogP contribution >= 0.6 is 12.2 Å². The van der Waals surface area contributed by atoms with E-state index < -0.39 is 10.8 Å². The third kappa shape index (κ3) is 4.48. The van der Waals surface area contributed by atoms with E-state index in [-0.39, 0.29) is 16.4 Å². The Balaban J connectivity index is 1.98. The minimum Gasteiger partial charge on any atom is -0.497 e. The first-order valence-electron chi connectivity index (χ1n) is 6.50. The Labute approximate surface area is 137 Å². The van der Waals surface area contributed by atoms with Crippen LogP contribution in [-0.4, -0.2) is 23.1 Å². The Morgan fingerprint density at radius 3 is 2.52 bits per heavy atom. The van der Waals surface area contributed by atoms with E-state index in [1.165, 1.54) is 24.3 Å². The first-order chi connectivity index (χ1) is 11.0. The fourth-order valence-corrected chi connectivity index (χ4v) is 1.98. The minimum atomic E-state index is -0.531. The van der Waals surface area contributed by atoms with Gasteiger partial charge in [0.05, 0.1) is 12.0 Å². The molecular formula is C15H13N3O4S. The molecule has 0 fully saturated rings. The Bertz CT molecular complexity index is 747. The molecule has 23 heavy (non-hydrogen) atoms. The number of rotatable bonds is 4. The molecule has 0 saturated carbocycles. The first-order valence-corrected chi connectivity index (χ1v) is 6.91. The van der Waals surface area contributed by atoms with Crippen molar-refractivity contribution in [3.8, 4) is 5.75 Å². The van der Waals surface area contributed by atoms with Crippen molar-refractivity contribution in [1.29, 1.82) is 0 Å². The highest BCUT2D eigenvalue weighted by Crippen LogP contribution is 2.16. The molecule has 1 amide bonds. The largest absolute Gasteiger partial charge is 0.497 e. The topological polar surface area (TPSA) is 93.5 Å². The van der Waals surface area contributed by atoms with Crippen LogP contribution in [0.2, 0.25) is 0 Å². The molecule has 7 nitrogen and oxygen atoms in total. The number of nitro groups is 1. The van der Waals surface area contributed by atoms with Crippen molar-refractivity contribution in [2.24, 2.45) is 0 Å². The van der Waals surface area contributed by atoms with Gasteiger partial charge in [-0.05, 0) is 36.5 Å². The number of nitro benzene ring substituents is 1. The molecule has 0 aliphatic rings. The highest BCUT2D eigenvalue weighted by atomic mass is 32.1. The van der Waals surface area contributed by atoms with Crippen molar-refractivity contribution >= 4 is 34.6 Å². The Morgan fingerprint density at radius 2 is 1.91 bits per heavy atom. The van der Waals surface area contributed by atoms with Gasteiger partial charge in [0, 0.05) is 29.4 Å². The molecule has 2 N–H and O–H groups in total. The summed E-state index contributed by atoms with van der Waals surface area (Å²) in [6, 6.07) is 12.3. The number of hydrogen-bond donors (Lipinski definition) is 2. The van der Waals surface area contributed by atoms with Gasteiger partial charge in [0.2, 0.25) is 0 Å². The summed E-state index contributed by atoms with van der Waals surface area (Å²) in [5.41, 5.74) is 0.849. The molecule has 0 saturated heterocycles. The molecule has 0 unspecified atom stereocenters. The number of ether oxygens (including phenoxy) is 1. The standard InChI is InChI=1S/C15H13N3O4S/c1-22-13-4-2-3-11(9-13)16-15(23)17-14(19)10-5-7-12(8-6-10)18(20)21/h2-9H,1H3,(H2,16,17,19,23). The fraction of sp³-hybridized carbons (Fsp3) is 0.0667. The van der Waals surface area contributed by atoms with Crippen molar-refractivity contribution < 1.29 is 14.5 Å². The van der Waals surface area contributed by atoms with Gasteiger partial charge in [-0.3, -0.25) is 20.2 Å². The Morgan fingerprint density at radius 1 is 1.22 bits per heavy atom. The molecule has 2 rings (SSSR count). The van der Waals surface area contributed by atoms with Crippen molar-refractivity contribution in [3.05, 3.63) is 64.2 Å². The van der Waals surface area contributed by atoms with E-state index in [4.69, 9.17) is 17.0 Å². The molecule has 118 valence electrons. The number of hydrogen-bond acceptors (Lipinski definition) is 5. The number of methoxy groups -OCH3 is 1. The number of benzene rings is 2. The highest BCUT2D eigenvalue weighted by Gasteiger charge is 2.11. The van der Waals surface area contributed by atoms with Crippen LogP contribution in [0.25, 0.3) is 0 Å². The number of anilines is 1. The SMILES string of the molecule is COc1cccc(NC(=S)NC(=O)c2ccc([N+](=O)[O-])cc2)c1. The highest BCUT2D eigenvalue weighted by molar-refractivity contribution is 7.80. The van der Waals surface area contributed by atoms with Gasteiger partial charge in [-0.15, -0.1) is 0 Å². The summed E-state index contributed by atoms with van der Waals surface area (Å²) in [7, 11) is 1.55. The molecule has 0 radical (unpaired) electrons. The smallest absolute Gasteiger partial charge is 0.269 e. The molecule has 0 bridgehead atoms. The molecule has 2 aromatic rings. The molecule has 0 aliphatic carbocycles. The lowest BCUT2D eigenvalue weighted by molar-refractivity contribution is -0.384. The van der Waals surface area contributed by atoms with E-state index in [1.54, 1.807) is 31.4 Å². The summed E-state index contributed by atoms with van der Waals surface area (Å²) in [5, 5.41) is 16.1. The van der Waals surface area contributed by atoms with E-state index in [9.17, 15) is 14.9 Å². The Kier molecular flexibility index (Phi) is 5.21. The lowest BCUT2D eigenvalue weighted by Gasteiger charge is -2.10. The van der Waals surface area contributed by atoms with Crippen molar-refractivity contribution in [1.82, 2.24) is 5.32 Å². The maximum absolute atomic E-state index is 12.0. The van der Waals surface area contributed by atoms with Crippen LogP contribution in [-0.2, 0) is 0 Å². The third-order valence-corrected chi connectivity index (χ3v) is 3.10. The number of carbonyl (C=O) groups excluding carboxylic acids is 1. The van der Waals surface area contributed by atoms with Crippen molar-refractivity contribution in [3.63, 3.8) is 0 Å². The lowest BCUT2D eigenvalue weighted by Crippen LogP contribution is -2.34. The van der Waals surface area contributed by atoms with Gasteiger partial charge < -0.3 is 10.1 Å². The van der Waals surface area contributed by atoms with Gasteiger partial charge in [-0.2, -0.15) is 0 Å². The monoisotopic (exact) mass is 331 g/mol. The van der Waals surface area contributed by atoms with Gasteiger partial charge in [-0.1, -0.05) is 6.07 Å². The molecule has 2 aromatic carbocycles. The van der Waals surface area contributed by atoms with Crippen LogP contribution in [0.5, 0.6) is 5.75 Å². The predicted octanol–water partition coefficient (Wildman–Crippen LogP) is 2.73. The molecular weight excluding hydrogens is 318 g/mol. The zero-order chi connectivity index (χ0) is 16.8. The van der Waals surface area contributed by atoms with Crippen LogP contribution in [0.1, 0.15) is 10.4 Å². The van der Waals surface area contributed by atoms with Crippen molar-refractivity contribution in [2.75, 3.05) is 12.4 Å². The molecule has 0 atom stereocenters. The molecule has 8 heteroatoms. The molecule has 0 aliphatic heterocycles. The van der Waals surface area contributed by atoms with Gasteiger partial charge in [0.1, 0.15) is 5.75 Å². The zero-order valence-electron chi connectivity index (χ0n) is 12.1. The third-order valence-electron chi connectivity index (χ3n) is 2.89. The second-order valence-corrected chi connectivity index (χ2v) is 4.85. The molecule has 0 heterocycles. The summed E-state index contributed by atoms with van der Waals surface area (Å²) in [4.78, 5) is 22.1. The van der Waals surface area contributed by atoms with Gasteiger partial charge in [-0.25, -0.2) is 0 Å². The van der Waals surface area contributed by atoms with E-state index in [0.717, 1.165) is 0 Å². The van der Waals surface area contributed by atoms with Gasteiger partial charge in [0.15, 0.2) is 5.11 Å². The molecule has 0 spiro atoms. The average Bonchev–Trinajstić information content (AvgIpc) is 2.54. The minimum absolute atomic E-state index is 0.0846. The number of carbonyl (C=O) groups is 1. The zero-order valence-corrected chi connectivity index (χ0v) is 12.9. The lowest BCUT2D eigenvalue weighted by atomic mass is 10.2. The summed E-state index contributed by atoms with van der Waals surface area (Å²) < 4.78 is 5.09. The van der Waals surface area contributed by atoms with E-state index in [0.29, 0.717) is 11.4 Å². The maximum Gasteiger partial charge on any atom is 0.269 e. The fourth-order valence-electron chi connectivity index (χ4n) is 1.77. The maximum atomic E-state index is 12.0. The van der Waals surface area contributed by atoms with Gasteiger partial charge >= 0.3 is 0 Å². The summed E-state index contributed by atoms with van der Waals surface area (Å²) in [5.74, 6) is 0.194. The second kappa shape index (κ2) is 7.32. The number of amides is 1. The van der Waals surface area contributed by atoms with Crippen LogP contribution in [0.15, 0.2) is 48.5 Å². The van der Waals surface area contributed by atoms with Gasteiger partial charge in [0.25, 0.3) is 11.6 Å². The van der Waals surface area contributed by atoms with Crippen LogP contribution in [0.4, 0.5) is 11.4 Å². The quantitative estimate of drug-likeness (QED) is 0.508. The average molecular weight is 331 g/mol. The number of nitrogens with one attached hydrogen (secondary N) is 2.